The van der Waals surface area contributed by atoms with Crippen LogP contribution in [0.1, 0.15) is 23.6 Å². The van der Waals surface area contributed by atoms with Crippen molar-refractivity contribution in [1.82, 2.24) is 0 Å². The van der Waals surface area contributed by atoms with Crippen LogP contribution in [0.25, 0.3) is 0 Å². The Bertz CT molecular complexity index is 352. The van der Waals surface area contributed by atoms with Crippen LogP contribution in [0.2, 0.25) is 0 Å². The quantitative estimate of drug-likeness (QED) is 0.682. The van der Waals surface area contributed by atoms with Crippen molar-refractivity contribution in [3.05, 3.63) is 35.4 Å². The van der Waals surface area contributed by atoms with Crippen molar-refractivity contribution in [3.63, 3.8) is 0 Å². The molecule has 0 heterocycles. The molecule has 82 valence electrons. The van der Waals surface area contributed by atoms with Crippen molar-refractivity contribution >= 4 is 5.97 Å². The van der Waals surface area contributed by atoms with E-state index in [-0.39, 0.29) is 6.42 Å². The lowest BCUT2D eigenvalue weighted by atomic mass is 9.97. The molecule has 4 heteroatoms. The number of carboxylic acids is 1. The van der Waals surface area contributed by atoms with Gasteiger partial charge in [0.15, 0.2) is 0 Å². The average molecular weight is 208 g/mol. The molecule has 5 N–H and O–H groups in total. The molecule has 0 bridgehead atoms. The number of carboxylic acid groups (broad SMARTS) is 1. The Hall–Kier alpha value is -1.39. The number of nitrogens with two attached hydrogens (primary N) is 2. The SMILES string of the molecule is Cc1cccc(C(N)C(N)CC(=O)O)c1. The molecule has 0 amide bonds. The maximum atomic E-state index is 10.5. The van der Waals surface area contributed by atoms with Crippen LogP contribution in [0.5, 0.6) is 0 Å². The van der Waals surface area contributed by atoms with E-state index in [9.17, 15) is 4.79 Å². The molecule has 0 spiro atoms. The normalized spacial score (nSPS) is 14.6. The zero-order valence-electron chi connectivity index (χ0n) is 8.68. The number of rotatable bonds is 4. The van der Waals surface area contributed by atoms with E-state index in [2.05, 4.69) is 0 Å². The fourth-order valence-electron chi connectivity index (χ4n) is 1.45. The van der Waals surface area contributed by atoms with E-state index in [4.69, 9.17) is 16.6 Å². The van der Waals surface area contributed by atoms with E-state index >= 15 is 0 Å². The number of hydrogen-bond donors (Lipinski definition) is 3. The minimum absolute atomic E-state index is 0.116. The van der Waals surface area contributed by atoms with Crippen molar-refractivity contribution < 1.29 is 9.90 Å². The molecule has 0 saturated carbocycles. The number of carbonyl (C=O) groups is 1. The molecule has 0 fully saturated rings. The van der Waals surface area contributed by atoms with Crippen molar-refractivity contribution in [1.29, 1.82) is 0 Å². The smallest absolute Gasteiger partial charge is 0.304 e. The molecule has 0 aromatic heterocycles. The van der Waals surface area contributed by atoms with E-state index in [0.29, 0.717) is 0 Å². The second kappa shape index (κ2) is 4.91. The molecule has 1 aromatic rings. The summed E-state index contributed by atoms with van der Waals surface area (Å²) >= 11 is 0. The maximum Gasteiger partial charge on any atom is 0.304 e. The van der Waals surface area contributed by atoms with Gasteiger partial charge in [0.25, 0.3) is 0 Å². The van der Waals surface area contributed by atoms with Crippen molar-refractivity contribution in [3.8, 4) is 0 Å². The summed E-state index contributed by atoms with van der Waals surface area (Å²) in [7, 11) is 0. The van der Waals surface area contributed by atoms with Crippen LogP contribution in [0, 0.1) is 6.92 Å². The molecule has 15 heavy (non-hydrogen) atoms. The van der Waals surface area contributed by atoms with E-state index in [1.54, 1.807) is 0 Å². The van der Waals surface area contributed by atoms with Gasteiger partial charge in [0, 0.05) is 12.1 Å². The number of aryl methyl sites for hydroxylation is 1. The van der Waals surface area contributed by atoms with Crippen LogP contribution in [0.15, 0.2) is 24.3 Å². The minimum Gasteiger partial charge on any atom is -0.481 e. The highest BCUT2D eigenvalue weighted by Gasteiger charge is 2.18. The van der Waals surface area contributed by atoms with Crippen LogP contribution in [0.3, 0.4) is 0 Å². The number of aliphatic carboxylic acids is 1. The van der Waals surface area contributed by atoms with Crippen LogP contribution in [0.4, 0.5) is 0 Å². The first-order valence-electron chi connectivity index (χ1n) is 4.80. The van der Waals surface area contributed by atoms with Gasteiger partial charge in [0.1, 0.15) is 0 Å². The third-order valence-electron chi connectivity index (χ3n) is 2.30. The van der Waals surface area contributed by atoms with E-state index < -0.39 is 18.1 Å². The Morgan fingerprint density at radius 1 is 1.47 bits per heavy atom. The number of benzene rings is 1. The molecule has 4 nitrogen and oxygen atoms in total. The van der Waals surface area contributed by atoms with Gasteiger partial charge in [-0.2, -0.15) is 0 Å². The highest BCUT2D eigenvalue weighted by atomic mass is 16.4. The third kappa shape index (κ3) is 3.34. The van der Waals surface area contributed by atoms with Crippen molar-refractivity contribution in [2.24, 2.45) is 11.5 Å². The summed E-state index contributed by atoms with van der Waals surface area (Å²) in [6.45, 7) is 1.96. The Morgan fingerprint density at radius 3 is 2.67 bits per heavy atom. The second-order valence-electron chi connectivity index (χ2n) is 3.70. The van der Waals surface area contributed by atoms with Gasteiger partial charge >= 0.3 is 5.97 Å². The second-order valence-corrected chi connectivity index (χ2v) is 3.70. The summed E-state index contributed by atoms with van der Waals surface area (Å²) in [6, 6.07) is 6.65. The molecule has 1 rings (SSSR count). The molecule has 0 aliphatic carbocycles. The number of hydrogen-bond acceptors (Lipinski definition) is 3. The summed E-state index contributed by atoms with van der Waals surface area (Å²) < 4.78 is 0. The van der Waals surface area contributed by atoms with Gasteiger partial charge in [-0.05, 0) is 12.5 Å². The average Bonchev–Trinajstić information content (AvgIpc) is 2.15. The summed E-state index contributed by atoms with van der Waals surface area (Å²) in [5, 5.41) is 8.60. The molecule has 2 atom stereocenters. The molecule has 2 unspecified atom stereocenters. The first-order valence-corrected chi connectivity index (χ1v) is 4.80. The fraction of sp³-hybridized carbons (Fsp3) is 0.364. The summed E-state index contributed by atoms with van der Waals surface area (Å²) in [4.78, 5) is 10.5. The fourth-order valence-corrected chi connectivity index (χ4v) is 1.45. The van der Waals surface area contributed by atoms with Crippen LogP contribution in [-0.2, 0) is 4.79 Å². The van der Waals surface area contributed by atoms with Gasteiger partial charge in [-0.25, -0.2) is 0 Å². The molecular weight excluding hydrogens is 192 g/mol. The third-order valence-corrected chi connectivity index (χ3v) is 2.30. The van der Waals surface area contributed by atoms with E-state index in [0.717, 1.165) is 11.1 Å². The first-order chi connectivity index (χ1) is 7.00. The minimum atomic E-state index is -0.925. The maximum absolute atomic E-state index is 10.5. The Kier molecular flexibility index (Phi) is 3.82. The Balaban J connectivity index is 2.75. The molecule has 0 saturated heterocycles. The Morgan fingerprint density at radius 2 is 2.13 bits per heavy atom. The van der Waals surface area contributed by atoms with Gasteiger partial charge in [-0.3, -0.25) is 4.79 Å². The Labute approximate surface area is 88.9 Å². The molecule has 0 aliphatic rings. The zero-order chi connectivity index (χ0) is 11.4. The van der Waals surface area contributed by atoms with Crippen LogP contribution in [-0.4, -0.2) is 17.1 Å². The lowest BCUT2D eigenvalue weighted by molar-refractivity contribution is -0.137. The molecule has 1 aromatic carbocycles. The van der Waals surface area contributed by atoms with E-state index in [1.165, 1.54) is 0 Å². The van der Waals surface area contributed by atoms with Crippen LogP contribution < -0.4 is 11.5 Å². The molecular formula is C11H16N2O2. The topological polar surface area (TPSA) is 89.3 Å². The summed E-state index contributed by atoms with van der Waals surface area (Å²) in [6.07, 6.45) is -0.116. The highest BCUT2D eigenvalue weighted by Crippen LogP contribution is 2.16. The predicted octanol–water partition coefficient (Wildman–Crippen LogP) is 0.797. The first kappa shape index (κ1) is 11.7. The summed E-state index contributed by atoms with van der Waals surface area (Å²) in [5.74, 6) is -0.925. The monoisotopic (exact) mass is 208 g/mol. The highest BCUT2D eigenvalue weighted by molar-refractivity contribution is 5.67. The van der Waals surface area contributed by atoms with Gasteiger partial charge in [-0.1, -0.05) is 29.8 Å². The zero-order valence-corrected chi connectivity index (χ0v) is 8.68. The standard InChI is InChI=1S/C11H16N2O2/c1-7-3-2-4-8(5-7)11(13)9(12)6-10(14)15/h2-5,9,11H,6,12-13H2,1H3,(H,14,15). The lowest BCUT2D eigenvalue weighted by Gasteiger charge is -2.18. The molecule has 0 radical (unpaired) electrons. The lowest BCUT2D eigenvalue weighted by Crippen LogP contribution is -2.36. The van der Waals surface area contributed by atoms with Crippen LogP contribution >= 0.6 is 0 Å². The van der Waals surface area contributed by atoms with Gasteiger partial charge in [-0.15, -0.1) is 0 Å². The summed E-state index contributed by atoms with van der Waals surface area (Å²) in [5.41, 5.74) is 13.5. The predicted molar refractivity (Wildman–Crippen MR) is 58.3 cm³/mol. The largest absolute Gasteiger partial charge is 0.481 e. The van der Waals surface area contributed by atoms with Gasteiger partial charge < -0.3 is 16.6 Å². The molecule has 0 aliphatic heterocycles. The van der Waals surface area contributed by atoms with Gasteiger partial charge in [0.2, 0.25) is 0 Å². The van der Waals surface area contributed by atoms with Crippen molar-refractivity contribution in [2.75, 3.05) is 0 Å². The van der Waals surface area contributed by atoms with Crippen molar-refractivity contribution in [2.45, 2.75) is 25.4 Å². The van der Waals surface area contributed by atoms with E-state index in [1.807, 2.05) is 31.2 Å². The van der Waals surface area contributed by atoms with Gasteiger partial charge in [0.05, 0.1) is 6.42 Å².